The predicted molar refractivity (Wildman–Crippen MR) is 85.3 cm³/mol. The van der Waals surface area contributed by atoms with Crippen LogP contribution in [-0.4, -0.2) is 15.7 Å². The van der Waals surface area contributed by atoms with E-state index < -0.39 is 5.82 Å². The summed E-state index contributed by atoms with van der Waals surface area (Å²) >= 11 is 0. The summed E-state index contributed by atoms with van der Waals surface area (Å²) in [7, 11) is 0. The average molecular weight is 308 g/mol. The van der Waals surface area contributed by atoms with Crippen molar-refractivity contribution >= 4 is 11.5 Å². The fraction of sp³-hybridized carbons (Fsp3) is 0. The highest BCUT2D eigenvalue weighted by atomic mass is 19.1. The number of nitrogen functional groups attached to an aromatic ring is 1. The second-order valence-corrected chi connectivity index (χ2v) is 4.75. The molecule has 5 nitrogen and oxygen atoms in total. The number of benzene rings is 2. The number of rotatable bonds is 4. The maximum absolute atomic E-state index is 13.6. The fourth-order valence-corrected chi connectivity index (χ4v) is 2.03. The molecular formula is C17H13FN4O. The molecule has 0 fully saturated rings. The molecule has 0 saturated heterocycles. The van der Waals surface area contributed by atoms with Crippen molar-refractivity contribution in [2.75, 3.05) is 5.73 Å². The highest BCUT2D eigenvalue weighted by molar-refractivity contribution is 6.13. The zero-order valence-corrected chi connectivity index (χ0v) is 12.0. The summed E-state index contributed by atoms with van der Waals surface area (Å²) in [5.74, 6) is 0.440. The maximum Gasteiger partial charge on any atom is 0.165 e. The molecule has 0 spiro atoms. The van der Waals surface area contributed by atoms with Gasteiger partial charge in [0.2, 0.25) is 0 Å². The predicted octanol–water partition coefficient (Wildman–Crippen LogP) is 3.41. The van der Waals surface area contributed by atoms with E-state index >= 15 is 0 Å². The molecule has 0 aliphatic heterocycles. The number of nitrogens with zero attached hydrogens (tertiary/aromatic N) is 2. The van der Waals surface area contributed by atoms with Crippen LogP contribution in [0.3, 0.4) is 0 Å². The summed E-state index contributed by atoms with van der Waals surface area (Å²) in [6, 6.07) is 12.9. The molecule has 2 aromatic carbocycles. The number of halogens is 1. The number of nitrogens with one attached hydrogen (secondary N) is 1. The van der Waals surface area contributed by atoms with Gasteiger partial charge in [0, 0.05) is 11.8 Å². The van der Waals surface area contributed by atoms with Crippen LogP contribution in [0.15, 0.2) is 61.1 Å². The van der Waals surface area contributed by atoms with Gasteiger partial charge in [0.25, 0.3) is 0 Å². The van der Waals surface area contributed by atoms with E-state index in [4.69, 9.17) is 15.9 Å². The monoisotopic (exact) mass is 308 g/mol. The second-order valence-electron chi connectivity index (χ2n) is 4.75. The van der Waals surface area contributed by atoms with Crippen LogP contribution in [0.4, 0.5) is 10.2 Å². The molecule has 3 rings (SSSR count). The van der Waals surface area contributed by atoms with Crippen LogP contribution in [0.1, 0.15) is 11.1 Å². The van der Waals surface area contributed by atoms with E-state index in [2.05, 4.69) is 9.97 Å². The van der Waals surface area contributed by atoms with Crippen LogP contribution in [-0.2, 0) is 0 Å². The van der Waals surface area contributed by atoms with Gasteiger partial charge in [-0.15, -0.1) is 0 Å². The summed E-state index contributed by atoms with van der Waals surface area (Å²) in [6.07, 6.45) is 2.83. The van der Waals surface area contributed by atoms with Crippen molar-refractivity contribution in [3.63, 3.8) is 0 Å². The van der Waals surface area contributed by atoms with Gasteiger partial charge in [-0.05, 0) is 36.4 Å². The molecule has 114 valence electrons. The molecule has 0 radical (unpaired) electrons. The van der Waals surface area contributed by atoms with Crippen LogP contribution in [0.5, 0.6) is 11.5 Å². The van der Waals surface area contributed by atoms with Crippen LogP contribution >= 0.6 is 0 Å². The summed E-state index contributed by atoms with van der Waals surface area (Å²) in [5.41, 5.74) is 7.04. The van der Waals surface area contributed by atoms with Crippen molar-refractivity contribution in [3.05, 3.63) is 78.0 Å². The van der Waals surface area contributed by atoms with Gasteiger partial charge in [0.1, 0.15) is 17.9 Å². The Morgan fingerprint density at radius 1 is 1.09 bits per heavy atom. The Morgan fingerprint density at radius 3 is 2.52 bits per heavy atom. The molecule has 1 heterocycles. The highest BCUT2D eigenvalue weighted by Crippen LogP contribution is 2.25. The molecule has 3 N–H and O–H groups in total. The van der Waals surface area contributed by atoms with Crippen molar-refractivity contribution in [1.29, 1.82) is 5.41 Å². The van der Waals surface area contributed by atoms with Crippen LogP contribution < -0.4 is 10.5 Å². The topological polar surface area (TPSA) is 84.9 Å². The summed E-state index contributed by atoms with van der Waals surface area (Å²) in [6.45, 7) is 0. The third-order valence-electron chi connectivity index (χ3n) is 3.22. The lowest BCUT2D eigenvalue weighted by molar-refractivity contribution is 0.442. The molecule has 0 amide bonds. The first kappa shape index (κ1) is 14.6. The molecule has 0 saturated carbocycles. The van der Waals surface area contributed by atoms with Gasteiger partial charge in [-0.1, -0.05) is 12.1 Å². The highest BCUT2D eigenvalue weighted by Gasteiger charge is 2.10. The molecule has 0 unspecified atom stereocenters. The van der Waals surface area contributed by atoms with Gasteiger partial charge in [-0.25, -0.2) is 14.4 Å². The van der Waals surface area contributed by atoms with Crippen molar-refractivity contribution < 1.29 is 9.13 Å². The lowest BCUT2D eigenvalue weighted by Crippen LogP contribution is -2.07. The van der Waals surface area contributed by atoms with Crippen LogP contribution in [0.25, 0.3) is 0 Å². The van der Waals surface area contributed by atoms with Crippen LogP contribution in [0.2, 0.25) is 0 Å². The normalized spacial score (nSPS) is 10.3. The number of hydrogen-bond donors (Lipinski definition) is 2. The Kier molecular flexibility index (Phi) is 3.97. The number of anilines is 1. The Labute approximate surface area is 132 Å². The Bertz CT molecular complexity index is 849. The molecule has 0 aliphatic carbocycles. The average Bonchev–Trinajstić information content (AvgIpc) is 2.57. The first-order valence-electron chi connectivity index (χ1n) is 6.82. The molecule has 6 heteroatoms. The van der Waals surface area contributed by atoms with E-state index in [9.17, 15) is 4.39 Å². The third-order valence-corrected chi connectivity index (χ3v) is 3.22. The van der Waals surface area contributed by atoms with Gasteiger partial charge in [0.05, 0.1) is 11.3 Å². The SMILES string of the molecule is N=C(c1ccc(Oc2ccccc2F)cc1)c1cncnc1N. The van der Waals surface area contributed by atoms with Gasteiger partial charge >= 0.3 is 0 Å². The van der Waals surface area contributed by atoms with E-state index in [1.54, 1.807) is 42.5 Å². The molecule has 0 aliphatic rings. The zero-order valence-electron chi connectivity index (χ0n) is 12.0. The quantitative estimate of drug-likeness (QED) is 0.723. The molecule has 0 bridgehead atoms. The Hall–Kier alpha value is -3.28. The second kappa shape index (κ2) is 6.23. The summed E-state index contributed by atoms with van der Waals surface area (Å²) < 4.78 is 19.0. The van der Waals surface area contributed by atoms with E-state index in [0.717, 1.165) is 0 Å². The molecule has 23 heavy (non-hydrogen) atoms. The fourth-order valence-electron chi connectivity index (χ4n) is 2.03. The standard InChI is InChI=1S/C17H13FN4O/c18-14-3-1-2-4-15(14)23-12-7-5-11(6-8-12)16(19)13-9-21-10-22-17(13)20/h1-10,19H,(H2,20,21,22). The molecule has 0 atom stereocenters. The van der Waals surface area contributed by atoms with Gasteiger partial charge in [-0.2, -0.15) is 0 Å². The first-order chi connectivity index (χ1) is 11.1. The van der Waals surface area contributed by atoms with E-state index in [0.29, 0.717) is 16.9 Å². The smallest absolute Gasteiger partial charge is 0.165 e. The third kappa shape index (κ3) is 3.16. The lowest BCUT2D eigenvalue weighted by atomic mass is 10.0. The number of ether oxygens (including phenoxy) is 1. The van der Waals surface area contributed by atoms with E-state index in [1.165, 1.54) is 18.6 Å². The van der Waals surface area contributed by atoms with Crippen molar-refractivity contribution in [2.24, 2.45) is 0 Å². The minimum atomic E-state index is -0.432. The van der Waals surface area contributed by atoms with Crippen molar-refractivity contribution in [1.82, 2.24) is 9.97 Å². The molecule has 1 aromatic heterocycles. The zero-order chi connectivity index (χ0) is 16.2. The molecular weight excluding hydrogens is 295 g/mol. The Morgan fingerprint density at radius 2 is 1.83 bits per heavy atom. The van der Waals surface area contributed by atoms with Gasteiger partial charge < -0.3 is 10.5 Å². The number of para-hydroxylation sites is 1. The number of nitrogens with two attached hydrogens (primary N) is 1. The lowest BCUT2D eigenvalue weighted by Gasteiger charge is -2.09. The summed E-state index contributed by atoms with van der Waals surface area (Å²) in [5, 5.41) is 8.18. The van der Waals surface area contributed by atoms with Crippen molar-refractivity contribution in [2.45, 2.75) is 0 Å². The maximum atomic E-state index is 13.6. The van der Waals surface area contributed by atoms with Gasteiger partial charge in [-0.3, -0.25) is 5.41 Å². The largest absolute Gasteiger partial charge is 0.454 e. The number of aromatic nitrogens is 2. The van der Waals surface area contributed by atoms with E-state index in [-0.39, 0.29) is 17.3 Å². The van der Waals surface area contributed by atoms with Crippen molar-refractivity contribution in [3.8, 4) is 11.5 Å². The Balaban J connectivity index is 1.81. The molecule has 3 aromatic rings. The minimum Gasteiger partial charge on any atom is -0.454 e. The minimum absolute atomic E-state index is 0.149. The first-order valence-corrected chi connectivity index (χ1v) is 6.82. The summed E-state index contributed by atoms with van der Waals surface area (Å²) in [4.78, 5) is 7.75. The van der Waals surface area contributed by atoms with Gasteiger partial charge in [0.15, 0.2) is 11.6 Å². The van der Waals surface area contributed by atoms with E-state index in [1.807, 2.05) is 0 Å². The number of hydrogen-bond acceptors (Lipinski definition) is 5. The van der Waals surface area contributed by atoms with Crippen LogP contribution in [0, 0.1) is 11.2 Å².